The van der Waals surface area contributed by atoms with Crippen LogP contribution in [0.3, 0.4) is 0 Å². The topological polar surface area (TPSA) is 15.3 Å². The van der Waals surface area contributed by atoms with E-state index in [9.17, 15) is 0 Å². The third kappa shape index (κ3) is 3.74. The fourth-order valence-corrected chi connectivity index (χ4v) is 2.78. The molecular weight excluding hydrogens is 220 g/mol. The van der Waals surface area contributed by atoms with Crippen molar-refractivity contribution < 1.29 is 0 Å². The number of nitrogens with one attached hydrogen (secondary N) is 1. The van der Waals surface area contributed by atoms with E-state index in [0.717, 1.165) is 12.5 Å². The number of rotatable bonds is 5. The van der Waals surface area contributed by atoms with Gasteiger partial charge in [-0.2, -0.15) is 0 Å². The molecule has 2 rings (SSSR count). The predicted octanol–water partition coefficient (Wildman–Crippen LogP) is 3.61. The SMILES string of the molecule is CCC1CCCN(C(C)CNc2ccccc2)C1. The van der Waals surface area contributed by atoms with Crippen LogP contribution < -0.4 is 5.32 Å². The zero-order chi connectivity index (χ0) is 12.8. The Morgan fingerprint density at radius 3 is 2.83 bits per heavy atom. The van der Waals surface area contributed by atoms with Gasteiger partial charge in [-0.3, -0.25) is 4.90 Å². The molecule has 2 nitrogen and oxygen atoms in total. The molecule has 0 amide bonds. The standard InChI is InChI=1S/C16H26N2/c1-3-15-8-7-11-18(13-15)14(2)12-17-16-9-5-4-6-10-16/h4-6,9-10,14-15,17H,3,7-8,11-13H2,1-2H3. The fourth-order valence-electron chi connectivity index (χ4n) is 2.78. The van der Waals surface area contributed by atoms with Gasteiger partial charge in [-0.15, -0.1) is 0 Å². The van der Waals surface area contributed by atoms with Gasteiger partial charge >= 0.3 is 0 Å². The predicted molar refractivity (Wildman–Crippen MR) is 79.0 cm³/mol. The summed E-state index contributed by atoms with van der Waals surface area (Å²) in [4.78, 5) is 2.65. The summed E-state index contributed by atoms with van der Waals surface area (Å²) in [6.07, 6.45) is 4.12. The summed E-state index contributed by atoms with van der Waals surface area (Å²) in [7, 11) is 0. The van der Waals surface area contributed by atoms with Crippen LogP contribution in [0.25, 0.3) is 0 Å². The van der Waals surface area contributed by atoms with Crippen LogP contribution in [0.4, 0.5) is 5.69 Å². The Labute approximate surface area is 111 Å². The van der Waals surface area contributed by atoms with Crippen molar-refractivity contribution in [3.8, 4) is 0 Å². The van der Waals surface area contributed by atoms with Crippen LogP contribution in [0.2, 0.25) is 0 Å². The number of hydrogen-bond acceptors (Lipinski definition) is 2. The minimum absolute atomic E-state index is 0.625. The molecule has 0 bridgehead atoms. The maximum atomic E-state index is 3.53. The van der Waals surface area contributed by atoms with Gasteiger partial charge in [-0.1, -0.05) is 31.5 Å². The molecule has 100 valence electrons. The number of benzene rings is 1. The highest BCUT2D eigenvalue weighted by atomic mass is 15.2. The lowest BCUT2D eigenvalue weighted by molar-refractivity contribution is 0.135. The first-order valence-electron chi connectivity index (χ1n) is 7.32. The van der Waals surface area contributed by atoms with Gasteiger partial charge in [0.25, 0.3) is 0 Å². The van der Waals surface area contributed by atoms with E-state index < -0.39 is 0 Å². The lowest BCUT2D eigenvalue weighted by atomic mass is 9.94. The maximum absolute atomic E-state index is 3.53. The molecule has 0 radical (unpaired) electrons. The van der Waals surface area contributed by atoms with Crippen molar-refractivity contribution in [3.63, 3.8) is 0 Å². The normalized spacial score (nSPS) is 22.7. The number of nitrogens with zero attached hydrogens (tertiary/aromatic N) is 1. The van der Waals surface area contributed by atoms with Crippen LogP contribution in [-0.2, 0) is 0 Å². The van der Waals surface area contributed by atoms with Crippen molar-refractivity contribution in [1.82, 2.24) is 4.90 Å². The molecule has 18 heavy (non-hydrogen) atoms. The Bertz CT molecular complexity index is 336. The minimum Gasteiger partial charge on any atom is -0.383 e. The molecule has 0 saturated carbocycles. The average molecular weight is 246 g/mol. The number of anilines is 1. The minimum atomic E-state index is 0.625. The number of hydrogen-bond donors (Lipinski definition) is 1. The highest BCUT2D eigenvalue weighted by Crippen LogP contribution is 2.21. The molecule has 1 aliphatic rings. The van der Waals surface area contributed by atoms with E-state index in [0.29, 0.717) is 6.04 Å². The van der Waals surface area contributed by atoms with Crippen LogP contribution in [-0.4, -0.2) is 30.6 Å². The quantitative estimate of drug-likeness (QED) is 0.854. The highest BCUT2D eigenvalue weighted by molar-refractivity contribution is 5.42. The summed E-state index contributed by atoms with van der Waals surface area (Å²) >= 11 is 0. The Morgan fingerprint density at radius 1 is 1.33 bits per heavy atom. The molecule has 2 atom stereocenters. The van der Waals surface area contributed by atoms with E-state index in [1.54, 1.807) is 0 Å². The highest BCUT2D eigenvalue weighted by Gasteiger charge is 2.22. The van der Waals surface area contributed by atoms with Crippen molar-refractivity contribution in [2.75, 3.05) is 25.0 Å². The Kier molecular flexibility index (Phi) is 5.06. The summed E-state index contributed by atoms with van der Waals surface area (Å²) < 4.78 is 0. The van der Waals surface area contributed by atoms with Crippen molar-refractivity contribution in [1.29, 1.82) is 0 Å². The van der Waals surface area contributed by atoms with Crippen molar-refractivity contribution in [3.05, 3.63) is 30.3 Å². The molecular formula is C16H26N2. The molecule has 1 aromatic rings. The fraction of sp³-hybridized carbons (Fsp3) is 0.625. The van der Waals surface area contributed by atoms with Gasteiger partial charge in [0.2, 0.25) is 0 Å². The molecule has 1 aliphatic heterocycles. The Morgan fingerprint density at radius 2 is 2.11 bits per heavy atom. The smallest absolute Gasteiger partial charge is 0.0340 e. The van der Waals surface area contributed by atoms with Gasteiger partial charge in [-0.05, 0) is 44.4 Å². The number of likely N-dealkylation sites (tertiary alicyclic amines) is 1. The average Bonchev–Trinajstić information content (AvgIpc) is 2.46. The summed E-state index contributed by atoms with van der Waals surface area (Å²) in [6, 6.07) is 11.1. The van der Waals surface area contributed by atoms with E-state index in [-0.39, 0.29) is 0 Å². The molecule has 1 aromatic carbocycles. The van der Waals surface area contributed by atoms with E-state index in [1.165, 1.54) is 38.0 Å². The summed E-state index contributed by atoms with van der Waals surface area (Å²) in [5.41, 5.74) is 1.23. The third-order valence-corrected chi connectivity index (χ3v) is 4.13. The second-order valence-electron chi connectivity index (χ2n) is 5.51. The summed E-state index contributed by atoms with van der Waals surface area (Å²) in [5, 5.41) is 3.53. The van der Waals surface area contributed by atoms with E-state index in [4.69, 9.17) is 0 Å². The van der Waals surface area contributed by atoms with Gasteiger partial charge in [0.15, 0.2) is 0 Å². The lowest BCUT2D eigenvalue weighted by Crippen LogP contribution is -2.44. The maximum Gasteiger partial charge on any atom is 0.0340 e. The lowest BCUT2D eigenvalue weighted by Gasteiger charge is -2.36. The van der Waals surface area contributed by atoms with Crippen LogP contribution in [0, 0.1) is 5.92 Å². The van der Waals surface area contributed by atoms with Gasteiger partial charge in [0, 0.05) is 24.8 Å². The Hall–Kier alpha value is -1.02. The molecule has 0 aromatic heterocycles. The van der Waals surface area contributed by atoms with E-state index >= 15 is 0 Å². The first kappa shape index (κ1) is 13.4. The second kappa shape index (κ2) is 6.79. The van der Waals surface area contributed by atoms with E-state index in [1.807, 2.05) is 0 Å². The zero-order valence-corrected chi connectivity index (χ0v) is 11.7. The van der Waals surface area contributed by atoms with Crippen LogP contribution in [0.1, 0.15) is 33.1 Å². The first-order chi connectivity index (χ1) is 8.79. The molecule has 1 N–H and O–H groups in total. The third-order valence-electron chi connectivity index (χ3n) is 4.13. The molecule has 1 heterocycles. The molecule has 0 aliphatic carbocycles. The summed E-state index contributed by atoms with van der Waals surface area (Å²) in [5.74, 6) is 0.915. The first-order valence-corrected chi connectivity index (χ1v) is 7.32. The number of piperidine rings is 1. The second-order valence-corrected chi connectivity index (χ2v) is 5.51. The largest absolute Gasteiger partial charge is 0.383 e. The zero-order valence-electron chi connectivity index (χ0n) is 11.7. The van der Waals surface area contributed by atoms with Crippen molar-refractivity contribution in [2.24, 2.45) is 5.92 Å². The Balaban J connectivity index is 1.79. The monoisotopic (exact) mass is 246 g/mol. The van der Waals surface area contributed by atoms with Crippen LogP contribution in [0.5, 0.6) is 0 Å². The van der Waals surface area contributed by atoms with Gasteiger partial charge < -0.3 is 5.32 Å². The van der Waals surface area contributed by atoms with Crippen molar-refractivity contribution >= 4 is 5.69 Å². The molecule has 2 unspecified atom stereocenters. The molecule has 0 spiro atoms. The van der Waals surface area contributed by atoms with E-state index in [2.05, 4.69) is 54.4 Å². The van der Waals surface area contributed by atoms with Crippen molar-refractivity contribution in [2.45, 2.75) is 39.2 Å². The van der Waals surface area contributed by atoms with Gasteiger partial charge in [0.1, 0.15) is 0 Å². The van der Waals surface area contributed by atoms with Gasteiger partial charge in [0.05, 0.1) is 0 Å². The number of para-hydroxylation sites is 1. The van der Waals surface area contributed by atoms with Crippen LogP contribution >= 0.6 is 0 Å². The molecule has 2 heteroatoms. The molecule has 1 saturated heterocycles. The summed E-state index contributed by atoms with van der Waals surface area (Å²) in [6.45, 7) is 8.26. The molecule has 1 fully saturated rings. The van der Waals surface area contributed by atoms with Crippen LogP contribution in [0.15, 0.2) is 30.3 Å². The van der Waals surface area contributed by atoms with Gasteiger partial charge in [-0.25, -0.2) is 0 Å².